The van der Waals surface area contributed by atoms with Crippen molar-refractivity contribution in [1.82, 2.24) is 4.98 Å². The van der Waals surface area contributed by atoms with Gasteiger partial charge in [0.05, 0.1) is 12.5 Å². The van der Waals surface area contributed by atoms with Crippen LogP contribution in [0.3, 0.4) is 0 Å². The third kappa shape index (κ3) is 2.81. The first-order valence-corrected chi connectivity index (χ1v) is 5.68. The van der Waals surface area contributed by atoms with Crippen molar-refractivity contribution in [2.24, 2.45) is 0 Å². The first kappa shape index (κ1) is 10.7. The van der Waals surface area contributed by atoms with Crippen LogP contribution < -0.4 is 4.74 Å². The third-order valence-electron chi connectivity index (χ3n) is 1.96. The van der Waals surface area contributed by atoms with Gasteiger partial charge in [0, 0.05) is 11.1 Å². The van der Waals surface area contributed by atoms with Crippen molar-refractivity contribution in [3.63, 3.8) is 0 Å². The van der Waals surface area contributed by atoms with E-state index in [9.17, 15) is 0 Å². The third-order valence-corrected chi connectivity index (χ3v) is 2.93. The van der Waals surface area contributed by atoms with Gasteiger partial charge in [-0.05, 0) is 12.1 Å². The number of para-hydroxylation sites is 1. The van der Waals surface area contributed by atoms with Gasteiger partial charge >= 0.3 is 0 Å². The standard InChI is InChI=1S/C12H10N2OS/c13-7-6-11-8-14-12(16-11)9-15-10-4-2-1-3-5-10/h1-5,8H,6,9H2. The number of thiazole rings is 1. The molecule has 0 aliphatic heterocycles. The second-order valence-electron chi connectivity index (χ2n) is 3.16. The Labute approximate surface area is 97.9 Å². The van der Waals surface area contributed by atoms with Crippen LogP contribution in [0.1, 0.15) is 9.88 Å². The maximum absolute atomic E-state index is 8.53. The van der Waals surface area contributed by atoms with Crippen molar-refractivity contribution in [2.75, 3.05) is 0 Å². The van der Waals surface area contributed by atoms with Crippen molar-refractivity contribution < 1.29 is 4.74 Å². The fourth-order valence-corrected chi connectivity index (χ4v) is 2.00. The molecule has 0 saturated heterocycles. The monoisotopic (exact) mass is 230 g/mol. The van der Waals surface area contributed by atoms with Crippen LogP contribution in [0.2, 0.25) is 0 Å². The highest BCUT2D eigenvalue weighted by molar-refractivity contribution is 7.11. The van der Waals surface area contributed by atoms with E-state index in [-0.39, 0.29) is 0 Å². The molecule has 16 heavy (non-hydrogen) atoms. The first-order valence-electron chi connectivity index (χ1n) is 4.87. The molecule has 0 aliphatic rings. The highest BCUT2D eigenvalue weighted by Crippen LogP contribution is 2.16. The molecule has 0 saturated carbocycles. The van der Waals surface area contributed by atoms with Gasteiger partial charge in [-0.1, -0.05) is 18.2 Å². The molecule has 0 amide bonds. The Kier molecular flexibility index (Phi) is 3.52. The topological polar surface area (TPSA) is 45.9 Å². The molecule has 0 spiro atoms. The van der Waals surface area contributed by atoms with E-state index in [1.54, 1.807) is 6.20 Å². The summed E-state index contributed by atoms with van der Waals surface area (Å²) in [6.07, 6.45) is 2.15. The number of nitrogens with zero attached hydrogens (tertiary/aromatic N) is 2. The van der Waals surface area contributed by atoms with Crippen molar-refractivity contribution in [3.8, 4) is 11.8 Å². The minimum atomic E-state index is 0.420. The zero-order chi connectivity index (χ0) is 11.2. The van der Waals surface area contributed by atoms with Crippen molar-refractivity contribution in [3.05, 3.63) is 46.4 Å². The molecular weight excluding hydrogens is 220 g/mol. The number of hydrogen-bond acceptors (Lipinski definition) is 4. The number of nitriles is 1. The van der Waals surface area contributed by atoms with Crippen LogP contribution in [-0.4, -0.2) is 4.98 Å². The number of aromatic nitrogens is 1. The molecule has 1 aromatic heterocycles. The molecule has 4 heteroatoms. The van der Waals surface area contributed by atoms with E-state index in [0.29, 0.717) is 13.0 Å². The van der Waals surface area contributed by atoms with Gasteiger partial charge in [-0.2, -0.15) is 5.26 Å². The van der Waals surface area contributed by atoms with Crippen molar-refractivity contribution in [1.29, 1.82) is 5.26 Å². The van der Waals surface area contributed by atoms with Gasteiger partial charge in [-0.15, -0.1) is 11.3 Å². The largest absolute Gasteiger partial charge is 0.486 e. The average molecular weight is 230 g/mol. The molecule has 0 radical (unpaired) electrons. The fourth-order valence-electron chi connectivity index (χ4n) is 1.24. The average Bonchev–Trinajstić information content (AvgIpc) is 2.76. The first-order chi connectivity index (χ1) is 7.88. The summed E-state index contributed by atoms with van der Waals surface area (Å²) in [6.45, 7) is 0.458. The predicted molar refractivity (Wildman–Crippen MR) is 62.2 cm³/mol. The van der Waals surface area contributed by atoms with Crippen molar-refractivity contribution >= 4 is 11.3 Å². The van der Waals surface area contributed by atoms with Gasteiger partial charge in [-0.25, -0.2) is 4.98 Å². The van der Waals surface area contributed by atoms with Crippen LogP contribution in [0.5, 0.6) is 5.75 Å². The lowest BCUT2D eigenvalue weighted by molar-refractivity contribution is 0.305. The lowest BCUT2D eigenvalue weighted by Gasteiger charge is -2.02. The summed E-state index contributed by atoms with van der Waals surface area (Å²) in [6, 6.07) is 11.7. The van der Waals surface area contributed by atoms with Gasteiger partial charge in [0.25, 0.3) is 0 Å². The minimum absolute atomic E-state index is 0.420. The predicted octanol–water partition coefficient (Wildman–Crippen LogP) is 2.79. The van der Waals surface area contributed by atoms with E-state index in [2.05, 4.69) is 11.1 Å². The molecule has 1 heterocycles. The Bertz CT molecular complexity index is 487. The smallest absolute Gasteiger partial charge is 0.140 e. The molecule has 0 fully saturated rings. The Balaban J connectivity index is 1.93. The van der Waals surface area contributed by atoms with Gasteiger partial charge < -0.3 is 4.74 Å². The number of hydrogen-bond donors (Lipinski definition) is 0. The molecular formula is C12H10N2OS. The van der Waals surface area contributed by atoms with E-state index in [0.717, 1.165) is 15.6 Å². The summed E-state index contributed by atoms with van der Waals surface area (Å²) in [5.41, 5.74) is 0. The summed E-state index contributed by atoms with van der Waals surface area (Å²) in [5.74, 6) is 0.833. The van der Waals surface area contributed by atoms with Crippen LogP contribution in [0.15, 0.2) is 36.5 Å². The van der Waals surface area contributed by atoms with Crippen LogP contribution in [0.4, 0.5) is 0 Å². The number of ether oxygens (including phenoxy) is 1. The molecule has 0 aliphatic carbocycles. The van der Waals surface area contributed by atoms with Crippen LogP contribution in [0.25, 0.3) is 0 Å². The highest BCUT2D eigenvalue weighted by atomic mass is 32.1. The van der Waals surface area contributed by atoms with Gasteiger partial charge in [0.1, 0.15) is 17.4 Å². The van der Waals surface area contributed by atoms with E-state index < -0.39 is 0 Å². The molecule has 80 valence electrons. The number of rotatable bonds is 4. The minimum Gasteiger partial charge on any atom is -0.486 e. The Hall–Kier alpha value is -1.86. The van der Waals surface area contributed by atoms with E-state index in [1.807, 2.05) is 30.3 Å². The second kappa shape index (κ2) is 5.29. The quantitative estimate of drug-likeness (QED) is 0.811. The molecule has 1 aromatic carbocycles. The Morgan fingerprint density at radius 1 is 1.31 bits per heavy atom. The van der Waals surface area contributed by atoms with Gasteiger partial charge in [0.2, 0.25) is 0 Å². The lowest BCUT2D eigenvalue weighted by Crippen LogP contribution is -1.93. The molecule has 0 atom stereocenters. The Morgan fingerprint density at radius 2 is 2.12 bits per heavy atom. The van der Waals surface area contributed by atoms with Crippen LogP contribution >= 0.6 is 11.3 Å². The Morgan fingerprint density at radius 3 is 2.88 bits per heavy atom. The number of benzene rings is 1. The molecule has 3 nitrogen and oxygen atoms in total. The highest BCUT2D eigenvalue weighted by Gasteiger charge is 2.02. The van der Waals surface area contributed by atoms with Crippen molar-refractivity contribution in [2.45, 2.75) is 13.0 Å². The second-order valence-corrected chi connectivity index (χ2v) is 4.36. The molecule has 0 unspecified atom stereocenters. The summed E-state index contributed by atoms with van der Waals surface area (Å²) >= 11 is 1.52. The SMILES string of the molecule is N#CCc1cnc(COc2ccccc2)s1. The summed E-state index contributed by atoms with van der Waals surface area (Å²) < 4.78 is 5.55. The van der Waals surface area contributed by atoms with E-state index >= 15 is 0 Å². The van der Waals surface area contributed by atoms with Crippen LogP contribution in [0, 0.1) is 11.3 Å². The summed E-state index contributed by atoms with van der Waals surface area (Å²) in [7, 11) is 0. The van der Waals surface area contributed by atoms with Gasteiger partial charge in [0.15, 0.2) is 0 Å². The van der Waals surface area contributed by atoms with Gasteiger partial charge in [-0.3, -0.25) is 0 Å². The maximum Gasteiger partial charge on any atom is 0.140 e. The maximum atomic E-state index is 8.53. The lowest BCUT2D eigenvalue weighted by atomic mass is 10.3. The van der Waals surface area contributed by atoms with E-state index in [4.69, 9.17) is 10.00 Å². The zero-order valence-electron chi connectivity index (χ0n) is 8.59. The van der Waals surface area contributed by atoms with Crippen LogP contribution in [-0.2, 0) is 13.0 Å². The summed E-state index contributed by atoms with van der Waals surface area (Å²) in [4.78, 5) is 5.17. The fraction of sp³-hybridized carbons (Fsp3) is 0.167. The zero-order valence-corrected chi connectivity index (χ0v) is 9.41. The molecule has 2 aromatic rings. The molecule has 0 N–H and O–H groups in total. The van der Waals surface area contributed by atoms with E-state index in [1.165, 1.54) is 11.3 Å². The normalized spacial score (nSPS) is 9.69. The summed E-state index contributed by atoms with van der Waals surface area (Å²) in [5, 5.41) is 9.43. The molecule has 2 rings (SSSR count). The molecule has 0 bridgehead atoms.